The number of aromatic hydroxyl groups is 1. The highest BCUT2D eigenvalue weighted by atomic mass is 16.3. The van der Waals surface area contributed by atoms with Crippen molar-refractivity contribution in [3.05, 3.63) is 47.5 Å². The van der Waals surface area contributed by atoms with Gasteiger partial charge in [0.15, 0.2) is 0 Å². The first kappa shape index (κ1) is 12.5. The standard InChI is InChI=1S/C15H16N4O/c1-9-3-6-15(20)14(17-9)8-16-11-4-5-12-13(7-11)19-10(2)18-12/h3-7,16,20H,8H2,1-2H3,(H,18,19). The van der Waals surface area contributed by atoms with Gasteiger partial charge in [0.2, 0.25) is 0 Å². The maximum atomic E-state index is 9.77. The van der Waals surface area contributed by atoms with E-state index < -0.39 is 0 Å². The van der Waals surface area contributed by atoms with Gasteiger partial charge >= 0.3 is 0 Å². The topological polar surface area (TPSA) is 73.8 Å². The number of nitrogens with one attached hydrogen (secondary N) is 2. The molecule has 0 aliphatic heterocycles. The maximum absolute atomic E-state index is 9.77. The molecule has 2 heterocycles. The zero-order valence-corrected chi connectivity index (χ0v) is 11.4. The quantitative estimate of drug-likeness (QED) is 0.683. The van der Waals surface area contributed by atoms with E-state index >= 15 is 0 Å². The number of hydrogen-bond acceptors (Lipinski definition) is 4. The third-order valence-electron chi connectivity index (χ3n) is 3.15. The van der Waals surface area contributed by atoms with Crippen LogP contribution in [0.4, 0.5) is 5.69 Å². The highest BCUT2D eigenvalue weighted by Crippen LogP contribution is 2.20. The van der Waals surface area contributed by atoms with Crippen LogP contribution in [0.15, 0.2) is 30.3 Å². The first-order valence-electron chi connectivity index (χ1n) is 6.47. The number of fused-ring (bicyclic) bond motifs is 1. The largest absolute Gasteiger partial charge is 0.506 e. The average molecular weight is 268 g/mol. The van der Waals surface area contributed by atoms with Crippen molar-refractivity contribution in [1.29, 1.82) is 0 Å². The number of aromatic nitrogens is 3. The van der Waals surface area contributed by atoms with Gasteiger partial charge in [-0.1, -0.05) is 0 Å². The second kappa shape index (κ2) is 4.85. The Kier molecular flexibility index (Phi) is 3.02. The van der Waals surface area contributed by atoms with Crippen LogP contribution in [0.1, 0.15) is 17.2 Å². The number of anilines is 1. The molecule has 102 valence electrons. The summed E-state index contributed by atoms with van der Waals surface area (Å²) >= 11 is 0. The van der Waals surface area contributed by atoms with Gasteiger partial charge in [-0.25, -0.2) is 4.98 Å². The van der Waals surface area contributed by atoms with Gasteiger partial charge in [-0.05, 0) is 44.2 Å². The molecule has 0 radical (unpaired) electrons. The lowest BCUT2D eigenvalue weighted by atomic mass is 10.2. The fraction of sp³-hybridized carbons (Fsp3) is 0.200. The van der Waals surface area contributed by atoms with Gasteiger partial charge in [0.05, 0.1) is 17.6 Å². The van der Waals surface area contributed by atoms with Crippen LogP contribution < -0.4 is 5.32 Å². The molecule has 3 rings (SSSR count). The highest BCUT2D eigenvalue weighted by molar-refractivity contribution is 5.79. The van der Waals surface area contributed by atoms with Crippen molar-refractivity contribution in [2.24, 2.45) is 0 Å². The molecule has 3 N–H and O–H groups in total. The van der Waals surface area contributed by atoms with Gasteiger partial charge in [-0.15, -0.1) is 0 Å². The second-order valence-corrected chi connectivity index (χ2v) is 4.83. The van der Waals surface area contributed by atoms with E-state index in [2.05, 4.69) is 20.3 Å². The van der Waals surface area contributed by atoms with Crippen molar-refractivity contribution in [1.82, 2.24) is 15.0 Å². The Labute approximate surface area is 116 Å². The highest BCUT2D eigenvalue weighted by Gasteiger charge is 2.04. The molecule has 0 unspecified atom stereocenters. The number of pyridine rings is 1. The zero-order chi connectivity index (χ0) is 14.1. The Morgan fingerprint density at radius 3 is 2.85 bits per heavy atom. The fourth-order valence-electron chi connectivity index (χ4n) is 2.17. The lowest BCUT2D eigenvalue weighted by Gasteiger charge is -2.08. The molecule has 0 bridgehead atoms. The molecule has 3 aromatic rings. The minimum absolute atomic E-state index is 0.210. The summed E-state index contributed by atoms with van der Waals surface area (Å²) in [5, 5.41) is 13.0. The molecule has 0 saturated heterocycles. The Morgan fingerprint density at radius 1 is 1.15 bits per heavy atom. The fourth-order valence-corrected chi connectivity index (χ4v) is 2.17. The van der Waals surface area contributed by atoms with Crippen LogP contribution in [0, 0.1) is 13.8 Å². The van der Waals surface area contributed by atoms with Crippen LogP contribution in [0.2, 0.25) is 0 Å². The van der Waals surface area contributed by atoms with Gasteiger partial charge < -0.3 is 15.4 Å². The van der Waals surface area contributed by atoms with E-state index in [4.69, 9.17) is 0 Å². The maximum Gasteiger partial charge on any atom is 0.138 e. The lowest BCUT2D eigenvalue weighted by molar-refractivity contribution is 0.464. The Morgan fingerprint density at radius 2 is 2.00 bits per heavy atom. The van der Waals surface area contributed by atoms with E-state index in [0.29, 0.717) is 12.2 Å². The summed E-state index contributed by atoms with van der Waals surface area (Å²) in [6.45, 7) is 4.32. The summed E-state index contributed by atoms with van der Waals surface area (Å²) in [5.41, 5.74) is 4.44. The minimum atomic E-state index is 0.210. The van der Waals surface area contributed by atoms with E-state index in [1.807, 2.05) is 32.0 Å². The molecule has 1 aromatic carbocycles. The summed E-state index contributed by atoms with van der Waals surface area (Å²) in [6, 6.07) is 9.39. The number of nitrogens with zero attached hydrogens (tertiary/aromatic N) is 2. The molecule has 0 aliphatic rings. The molecule has 0 amide bonds. The van der Waals surface area contributed by atoms with Gasteiger partial charge in [0, 0.05) is 11.4 Å². The Bertz CT molecular complexity index is 764. The number of aromatic amines is 1. The first-order valence-corrected chi connectivity index (χ1v) is 6.47. The summed E-state index contributed by atoms with van der Waals surface area (Å²) in [5.74, 6) is 1.11. The number of benzene rings is 1. The molecule has 2 aromatic heterocycles. The molecule has 20 heavy (non-hydrogen) atoms. The lowest BCUT2D eigenvalue weighted by Crippen LogP contribution is -2.02. The van der Waals surface area contributed by atoms with E-state index in [1.165, 1.54) is 0 Å². The van der Waals surface area contributed by atoms with Crippen molar-refractivity contribution < 1.29 is 5.11 Å². The van der Waals surface area contributed by atoms with Crippen LogP contribution >= 0.6 is 0 Å². The van der Waals surface area contributed by atoms with Crippen molar-refractivity contribution in [2.45, 2.75) is 20.4 Å². The molecule has 5 heteroatoms. The Balaban J connectivity index is 1.80. The van der Waals surface area contributed by atoms with Crippen molar-refractivity contribution in [3.8, 4) is 5.75 Å². The number of hydrogen-bond donors (Lipinski definition) is 3. The normalized spacial score (nSPS) is 10.9. The van der Waals surface area contributed by atoms with Crippen molar-refractivity contribution in [3.63, 3.8) is 0 Å². The number of imidazole rings is 1. The molecule has 0 saturated carbocycles. The molecule has 0 spiro atoms. The monoisotopic (exact) mass is 268 g/mol. The number of rotatable bonds is 3. The summed E-state index contributed by atoms with van der Waals surface area (Å²) < 4.78 is 0. The van der Waals surface area contributed by atoms with E-state index in [0.717, 1.165) is 28.2 Å². The number of aryl methyl sites for hydroxylation is 2. The van der Waals surface area contributed by atoms with Crippen LogP contribution in [-0.2, 0) is 6.54 Å². The molecule has 0 atom stereocenters. The zero-order valence-electron chi connectivity index (χ0n) is 11.4. The molecule has 0 fully saturated rings. The third kappa shape index (κ3) is 2.42. The second-order valence-electron chi connectivity index (χ2n) is 4.83. The first-order chi connectivity index (χ1) is 9.61. The molecular weight excluding hydrogens is 252 g/mol. The van der Waals surface area contributed by atoms with Gasteiger partial charge in [-0.2, -0.15) is 0 Å². The predicted molar refractivity (Wildman–Crippen MR) is 78.8 cm³/mol. The SMILES string of the molecule is Cc1ccc(O)c(CNc2ccc3nc(C)[nH]c3c2)n1. The average Bonchev–Trinajstić information content (AvgIpc) is 2.79. The van der Waals surface area contributed by atoms with Gasteiger partial charge in [0.1, 0.15) is 17.3 Å². The van der Waals surface area contributed by atoms with Crippen molar-refractivity contribution >= 4 is 16.7 Å². The van der Waals surface area contributed by atoms with Crippen LogP contribution in [0.3, 0.4) is 0 Å². The van der Waals surface area contributed by atoms with Crippen molar-refractivity contribution in [2.75, 3.05) is 5.32 Å². The summed E-state index contributed by atoms with van der Waals surface area (Å²) in [6.07, 6.45) is 0. The molecular formula is C15H16N4O. The predicted octanol–water partition coefficient (Wildman–Crippen LogP) is 2.89. The van der Waals surface area contributed by atoms with Crippen LogP contribution in [0.25, 0.3) is 11.0 Å². The number of H-pyrrole nitrogens is 1. The third-order valence-corrected chi connectivity index (χ3v) is 3.15. The smallest absolute Gasteiger partial charge is 0.138 e. The summed E-state index contributed by atoms with van der Waals surface area (Å²) in [7, 11) is 0. The van der Waals surface area contributed by atoms with E-state index in [-0.39, 0.29) is 5.75 Å². The van der Waals surface area contributed by atoms with Gasteiger partial charge in [0.25, 0.3) is 0 Å². The Hall–Kier alpha value is -2.56. The van der Waals surface area contributed by atoms with Crippen LogP contribution in [-0.4, -0.2) is 20.1 Å². The summed E-state index contributed by atoms with van der Waals surface area (Å²) in [4.78, 5) is 11.9. The van der Waals surface area contributed by atoms with Crippen LogP contribution in [0.5, 0.6) is 5.75 Å². The van der Waals surface area contributed by atoms with Gasteiger partial charge in [-0.3, -0.25) is 4.98 Å². The molecule has 5 nitrogen and oxygen atoms in total. The minimum Gasteiger partial charge on any atom is -0.506 e. The van der Waals surface area contributed by atoms with E-state index in [9.17, 15) is 5.11 Å². The van der Waals surface area contributed by atoms with E-state index in [1.54, 1.807) is 12.1 Å². The molecule has 0 aliphatic carbocycles.